The van der Waals surface area contributed by atoms with E-state index in [0.29, 0.717) is 42.4 Å². The quantitative estimate of drug-likeness (QED) is 0.875. The number of amides is 2. The van der Waals surface area contributed by atoms with E-state index < -0.39 is 0 Å². The summed E-state index contributed by atoms with van der Waals surface area (Å²) in [5, 5.41) is 2.85. The second-order valence-corrected chi connectivity index (χ2v) is 7.10. The zero-order valence-electron chi connectivity index (χ0n) is 16.5. The van der Waals surface area contributed by atoms with Gasteiger partial charge in [0.25, 0.3) is 5.91 Å². The molecular weight excluding hydrogens is 356 g/mol. The van der Waals surface area contributed by atoms with Crippen LogP contribution >= 0.6 is 0 Å². The number of anilines is 1. The molecule has 0 saturated heterocycles. The monoisotopic (exact) mass is 382 g/mol. The Kier molecular flexibility index (Phi) is 6.19. The van der Waals surface area contributed by atoms with Crippen molar-refractivity contribution in [3.8, 4) is 11.5 Å². The van der Waals surface area contributed by atoms with E-state index in [1.807, 2.05) is 36.9 Å². The van der Waals surface area contributed by atoms with E-state index in [9.17, 15) is 9.59 Å². The molecule has 3 rings (SSSR count). The summed E-state index contributed by atoms with van der Waals surface area (Å²) in [6.07, 6.45) is 0.729. The van der Waals surface area contributed by atoms with Gasteiger partial charge in [0.1, 0.15) is 0 Å². The lowest BCUT2D eigenvalue weighted by molar-refractivity contribution is -0.118. The van der Waals surface area contributed by atoms with Crippen molar-refractivity contribution in [3.05, 3.63) is 53.6 Å². The van der Waals surface area contributed by atoms with E-state index in [1.165, 1.54) is 0 Å². The zero-order chi connectivity index (χ0) is 20.1. The van der Waals surface area contributed by atoms with E-state index in [0.717, 1.165) is 12.0 Å². The average Bonchev–Trinajstić information content (AvgIpc) is 2.67. The topological polar surface area (TPSA) is 67.9 Å². The van der Waals surface area contributed by atoms with Crippen molar-refractivity contribution in [3.63, 3.8) is 0 Å². The van der Waals surface area contributed by atoms with Crippen LogP contribution in [0.15, 0.2) is 42.5 Å². The van der Waals surface area contributed by atoms with Gasteiger partial charge < -0.3 is 19.7 Å². The largest absolute Gasteiger partial charge is 0.493 e. The Labute approximate surface area is 165 Å². The lowest BCUT2D eigenvalue weighted by Crippen LogP contribution is -2.33. The van der Waals surface area contributed by atoms with Gasteiger partial charge in [0.15, 0.2) is 11.5 Å². The molecule has 148 valence electrons. The molecule has 0 aliphatic carbocycles. The number of nitrogens with one attached hydrogen (secondary N) is 1. The molecule has 6 nitrogen and oxygen atoms in total. The minimum Gasteiger partial charge on any atom is -0.493 e. The SMILES string of the molecule is COc1cccc2c1OCCCN(C(=O)c1cccc(NC(=O)C(C)C)c1)C2. The van der Waals surface area contributed by atoms with Crippen LogP contribution < -0.4 is 14.8 Å². The molecule has 0 aromatic heterocycles. The van der Waals surface area contributed by atoms with Gasteiger partial charge in [-0.3, -0.25) is 9.59 Å². The highest BCUT2D eigenvalue weighted by Crippen LogP contribution is 2.33. The van der Waals surface area contributed by atoms with Crippen LogP contribution in [-0.4, -0.2) is 37.0 Å². The predicted molar refractivity (Wildman–Crippen MR) is 108 cm³/mol. The number of rotatable bonds is 4. The van der Waals surface area contributed by atoms with Gasteiger partial charge in [-0.25, -0.2) is 0 Å². The smallest absolute Gasteiger partial charge is 0.254 e. The Bertz CT molecular complexity index is 863. The minimum atomic E-state index is -0.125. The molecule has 1 aliphatic rings. The molecule has 1 N–H and O–H groups in total. The molecule has 2 aromatic carbocycles. The lowest BCUT2D eigenvalue weighted by Gasteiger charge is -2.27. The molecule has 1 heterocycles. The summed E-state index contributed by atoms with van der Waals surface area (Å²) in [4.78, 5) is 26.9. The average molecular weight is 382 g/mol. The van der Waals surface area contributed by atoms with E-state index in [2.05, 4.69) is 5.32 Å². The van der Waals surface area contributed by atoms with Crippen molar-refractivity contribution in [2.45, 2.75) is 26.8 Å². The highest BCUT2D eigenvalue weighted by molar-refractivity contribution is 5.97. The molecule has 0 saturated carbocycles. The normalized spacial score (nSPS) is 13.8. The Morgan fingerprint density at radius 2 is 1.96 bits per heavy atom. The molecule has 1 aliphatic heterocycles. The summed E-state index contributed by atoms with van der Waals surface area (Å²) < 4.78 is 11.3. The van der Waals surface area contributed by atoms with E-state index in [-0.39, 0.29) is 17.7 Å². The molecule has 2 aromatic rings. The first-order chi connectivity index (χ1) is 13.5. The Morgan fingerprint density at radius 1 is 1.18 bits per heavy atom. The molecule has 0 radical (unpaired) electrons. The zero-order valence-corrected chi connectivity index (χ0v) is 16.5. The highest BCUT2D eigenvalue weighted by Gasteiger charge is 2.22. The van der Waals surface area contributed by atoms with Gasteiger partial charge in [-0.15, -0.1) is 0 Å². The number of fused-ring (bicyclic) bond motifs is 1. The second kappa shape index (κ2) is 8.78. The Hall–Kier alpha value is -3.02. The highest BCUT2D eigenvalue weighted by atomic mass is 16.5. The van der Waals surface area contributed by atoms with Crippen molar-refractivity contribution < 1.29 is 19.1 Å². The van der Waals surface area contributed by atoms with Crippen LogP contribution in [0.25, 0.3) is 0 Å². The molecule has 0 unspecified atom stereocenters. The molecule has 0 bridgehead atoms. The van der Waals surface area contributed by atoms with Gasteiger partial charge in [0.2, 0.25) is 5.91 Å². The van der Waals surface area contributed by atoms with E-state index >= 15 is 0 Å². The van der Waals surface area contributed by atoms with Crippen molar-refractivity contribution in [1.82, 2.24) is 4.90 Å². The van der Waals surface area contributed by atoms with Crippen molar-refractivity contribution in [2.24, 2.45) is 5.92 Å². The minimum absolute atomic E-state index is 0.0729. The second-order valence-electron chi connectivity index (χ2n) is 7.10. The lowest BCUT2D eigenvalue weighted by atomic mass is 10.1. The number of hydrogen-bond acceptors (Lipinski definition) is 4. The van der Waals surface area contributed by atoms with Crippen LogP contribution in [0.2, 0.25) is 0 Å². The number of nitrogens with zero attached hydrogens (tertiary/aromatic N) is 1. The van der Waals surface area contributed by atoms with E-state index in [4.69, 9.17) is 9.47 Å². The number of benzene rings is 2. The fourth-order valence-corrected chi connectivity index (χ4v) is 3.10. The van der Waals surface area contributed by atoms with Gasteiger partial charge in [-0.2, -0.15) is 0 Å². The summed E-state index contributed by atoms with van der Waals surface area (Å²) in [5.74, 6) is 1.09. The van der Waals surface area contributed by atoms with Gasteiger partial charge in [-0.1, -0.05) is 32.0 Å². The van der Waals surface area contributed by atoms with Crippen LogP contribution in [0.3, 0.4) is 0 Å². The summed E-state index contributed by atoms with van der Waals surface area (Å²) in [5.41, 5.74) is 2.09. The van der Waals surface area contributed by atoms with Crippen molar-refractivity contribution >= 4 is 17.5 Å². The maximum Gasteiger partial charge on any atom is 0.254 e. The number of hydrogen-bond donors (Lipinski definition) is 1. The molecular formula is C22H26N2O4. The van der Waals surface area contributed by atoms with Crippen molar-refractivity contribution in [2.75, 3.05) is 25.6 Å². The van der Waals surface area contributed by atoms with E-state index in [1.54, 1.807) is 31.4 Å². The first-order valence-corrected chi connectivity index (χ1v) is 9.48. The summed E-state index contributed by atoms with van der Waals surface area (Å²) in [6.45, 7) is 5.21. The third kappa shape index (κ3) is 4.44. The van der Waals surface area contributed by atoms with Gasteiger partial charge in [-0.05, 0) is 30.7 Å². The fraction of sp³-hybridized carbons (Fsp3) is 0.364. The van der Waals surface area contributed by atoms with Crippen LogP contribution in [-0.2, 0) is 11.3 Å². The molecule has 2 amide bonds. The van der Waals surface area contributed by atoms with Gasteiger partial charge >= 0.3 is 0 Å². The molecule has 0 atom stereocenters. The summed E-state index contributed by atoms with van der Waals surface area (Å²) in [6, 6.07) is 12.8. The first kappa shape index (κ1) is 19.7. The van der Waals surface area contributed by atoms with Crippen molar-refractivity contribution in [1.29, 1.82) is 0 Å². The van der Waals surface area contributed by atoms with Crippen LogP contribution in [0.4, 0.5) is 5.69 Å². The fourth-order valence-electron chi connectivity index (χ4n) is 3.10. The number of para-hydroxylation sites is 1. The van der Waals surface area contributed by atoms with Crippen LogP contribution in [0.5, 0.6) is 11.5 Å². The molecule has 0 spiro atoms. The number of ether oxygens (including phenoxy) is 2. The number of carbonyl (C=O) groups excluding carboxylic acids is 2. The Balaban J connectivity index is 1.83. The molecule has 28 heavy (non-hydrogen) atoms. The predicted octanol–water partition coefficient (Wildman–Crippen LogP) is 3.71. The van der Waals surface area contributed by atoms with Gasteiger partial charge in [0, 0.05) is 35.8 Å². The Morgan fingerprint density at radius 3 is 2.71 bits per heavy atom. The van der Waals surface area contributed by atoms with Crippen LogP contribution in [0, 0.1) is 5.92 Å². The first-order valence-electron chi connectivity index (χ1n) is 9.48. The van der Waals surface area contributed by atoms with Gasteiger partial charge in [0.05, 0.1) is 13.7 Å². The maximum absolute atomic E-state index is 13.1. The maximum atomic E-state index is 13.1. The number of carbonyl (C=O) groups is 2. The summed E-state index contributed by atoms with van der Waals surface area (Å²) in [7, 11) is 1.61. The standard InChI is InChI=1S/C22H26N2O4/c1-15(2)21(25)23-18-9-4-7-16(13-18)22(26)24-11-6-12-28-20-17(14-24)8-5-10-19(20)27-3/h4-5,7-10,13,15H,6,11-12,14H2,1-3H3,(H,23,25). The molecule has 0 fully saturated rings. The third-order valence-electron chi connectivity index (χ3n) is 4.65. The third-order valence-corrected chi connectivity index (χ3v) is 4.65. The van der Waals surface area contributed by atoms with Crippen LogP contribution in [0.1, 0.15) is 36.2 Å². The summed E-state index contributed by atoms with van der Waals surface area (Å²) >= 11 is 0. The molecule has 6 heteroatoms. The number of methoxy groups -OCH3 is 1.